The largest absolute Gasteiger partial charge is 0.382 e. The van der Waals surface area contributed by atoms with Crippen molar-refractivity contribution < 1.29 is 0 Å². The second kappa shape index (κ2) is 8.35. The summed E-state index contributed by atoms with van der Waals surface area (Å²) in [7, 11) is 0. The minimum Gasteiger partial charge on any atom is -0.382 e. The maximum absolute atomic E-state index is 6.04. The first-order valence-electron chi connectivity index (χ1n) is 8.17. The minimum atomic E-state index is 0.442. The predicted molar refractivity (Wildman–Crippen MR) is 96.9 cm³/mol. The summed E-state index contributed by atoms with van der Waals surface area (Å²) in [5, 5.41) is 5.47. The highest BCUT2D eigenvalue weighted by atomic mass is 35.5. The Hall–Kier alpha value is -1.32. The van der Waals surface area contributed by atoms with Gasteiger partial charge in [-0.15, -0.1) is 0 Å². The standard InChI is InChI=1S/C18H26ClN3/c1-4-22(5-2)12-6-7-14(3)21-17-10-11-20-18-13-15(19)8-9-16(17)18/h8-11,13-14H,4-7,12H2,1-3H3,(H,20,21)/t14-/m0/s1. The van der Waals surface area contributed by atoms with Crippen LogP contribution in [-0.2, 0) is 0 Å². The van der Waals surface area contributed by atoms with Gasteiger partial charge in [0, 0.05) is 28.3 Å². The number of halogens is 1. The fraction of sp³-hybridized carbons (Fsp3) is 0.500. The van der Waals surface area contributed by atoms with Crippen LogP contribution in [-0.4, -0.2) is 35.6 Å². The fourth-order valence-electron chi connectivity index (χ4n) is 2.75. The second-order valence-corrected chi connectivity index (χ2v) is 6.17. The van der Waals surface area contributed by atoms with Gasteiger partial charge >= 0.3 is 0 Å². The van der Waals surface area contributed by atoms with E-state index in [4.69, 9.17) is 11.6 Å². The molecule has 1 atom stereocenters. The van der Waals surface area contributed by atoms with Gasteiger partial charge < -0.3 is 10.2 Å². The van der Waals surface area contributed by atoms with E-state index >= 15 is 0 Å². The summed E-state index contributed by atoms with van der Waals surface area (Å²) in [4.78, 5) is 6.86. The topological polar surface area (TPSA) is 28.2 Å². The predicted octanol–water partition coefficient (Wildman–Crippen LogP) is 4.81. The van der Waals surface area contributed by atoms with E-state index in [0.29, 0.717) is 6.04 Å². The lowest BCUT2D eigenvalue weighted by atomic mass is 10.1. The minimum absolute atomic E-state index is 0.442. The quantitative estimate of drug-likeness (QED) is 0.756. The Labute approximate surface area is 138 Å². The summed E-state index contributed by atoms with van der Waals surface area (Å²) in [5.41, 5.74) is 2.07. The zero-order valence-electron chi connectivity index (χ0n) is 13.8. The van der Waals surface area contributed by atoms with Crippen molar-refractivity contribution in [2.75, 3.05) is 25.0 Å². The van der Waals surface area contributed by atoms with E-state index in [1.54, 1.807) is 0 Å². The molecule has 0 radical (unpaired) electrons. The third-order valence-corrected chi connectivity index (χ3v) is 4.35. The van der Waals surface area contributed by atoms with Crippen molar-refractivity contribution >= 4 is 28.2 Å². The van der Waals surface area contributed by atoms with Crippen LogP contribution in [0.2, 0.25) is 5.02 Å². The van der Waals surface area contributed by atoms with Gasteiger partial charge in [-0.3, -0.25) is 4.98 Å². The van der Waals surface area contributed by atoms with E-state index in [-0.39, 0.29) is 0 Å². The number of benzene rings is 1. The van der Waals surface area contributed by atoms with Gasteiger partial charge in [0.2, 0.25) is 0 Å². The van der Waals surface area contributed by atoms with Crippen molar-refractivity contribution in [3.8, 4) is 0 Å². The monoisotopic (exact) mass is 319 g/mol. The van der Waals surface area contributed by atoms with Gasteiger partial charge in [0.05, 0.1) is 5.52 Å². The van der Waals surface area contributed by atoms with Gasteiger partial charge in [-0.25, -0.2) is 0 Å². The number of hydrogen-bond donors (Lipinski definition) is 1. The van der Waals surface area contributed by atoms with Gasteiger partial charge in [-0.2, -0.15) is 0 Å². The Balaban J connectivity index is 1.95. The number of rotatable bonds is 8. The first-order chi connectivity index (χ1) is 10.6. The number of fused-ring (bicyclic) bond motifs is 1. The van der Waals surface area contributed by atoms with E-state index in [9.17, 15) is 0 Å². The van der Waals surface area contributed by atoms with Crippen LogP contribution >= 0.6 is 11.6 Å². The van der Waals surface area contributed by atoms with Gasteiger partial charge in [-0.05, 0) is 63.7 Å². The fourth-order valence-corrected chi connectivity index (χ4v) is 2.91. The van der Waals surface area contributed by atoms with Crippen molar-refractivity contribution in [2.45, 2.75) is 39.7 Å². The third kappa shape index (κ3) is 4.59. The highest BCUT2D eigenvalue weighted by Gasteiger charge is 2.07. The first kappa shape index (κ1) is 17.0. The molecule has 4 heteroatoms. The van der Waals surface area contributed by atoms with Crippen LogP contribution in [0.25, 0.3) is 10.9 Å². The summed E-state index contributed by atoms with van der Waals surface area (Å²) in [5.74, 6) is 0. The van der Waals surface area contributed by atoms with Gasteiger partial charge in [-0.1, -0.05) is 25.4 Å². The van der Waals surface area contributed by atoms with Gasteiger partial charge in [0.25, 0.3) is 0 Å². The smallest absolute Gasteiger partial charge is 0.0737 e. The Morgan fingerprint density at radius 3 is 2.73 bits per heavy atom. The lowest BCUT2D eigenvalue weighted by Crippen LogP contribution is -2.25. The molecule has 0 saturated carbocycles. The van der Waals surface area contributed by atoms with Crippen molar-refractivity contribution in [3.05, 3.63) is 35.5 Å². The summed E-state index contributed by atoms with van der Waals surface area (Å²) in [6, 6.07) is 8.35. The van der Waals surface area contributed by atoms with Crippen LogP contribution < -0.4 is 5.32 Å². The Kier molecular flexibility index (Phi) is 6.47. The number of hydrogen-bond acceptors (Lipinski definition) is 3. The van der Waals surface area contributed by atoms with E-state index in [1.807, 2.05) is 30.5 Å². The highest BCUT2D eigenvalue weighted by Crippen LogP contribution is 2.25. The molecule has 1 N–H and O–H groups in total. The SMILES string of the molecule is CCN(CC)CCC[C@H](C)Nc1ccnc2cc(Cl)ccc12. The van der Waals surface area contributed by atoms with Crippen LogP contribution in [0.1, 0.15) is 33.6 Å². The van der Waals surface area contributed by atoms with Crippen molar-refractivity contribution in [1.29, 1.82) is 0 Å². The van der Waals surface area contributed by atoms with Crippen LogP contribution in [0.4, 0.5) is 5.69 Å². The van der Waals surface area contributed by atoms with Crippen molar-refractivity contribution in [3.63, 3.8) is 0 Å². The van der Waals surface area contributed by atoms with E-state index in [0.717, 1.165) is 41.1 Å². The van der Waals surface area contributed by atoms with Gasteiger partial charge in [0.15, 0.2) is 0 Å². The Morgan fingerprint density at radius 2 is 2.00 bits per heavy atom. The molecule has 2 rings (SSSR count). The van der Waals surface area contributed by atoms with Crippen LogP contribution in [0, 0.1) is 0 Å². The number of aromatic nitrogens is 1. The van der Waals surface area contributed by atoms with Crippen molar-refractivity contribution in [2.24, 2.45) is 0 Å². The van der Waals surface area contributed by atoms with E-state index < -0.39 is 0 Å². The summed E-state index contributed by atoms with van der Waals surface area (Å²) in [6.07, 6.45) is 4.21. The number of pyridine rings is 1. The first-order valence-corrected chi connectivity index (χ1v) is 8.55. The normalized spacial score (nSPS) is 12.8. The Morgan fingerprint density at radius 1 is 1.23 bits per heavy atom. The maximum Gasteiger partial charge on any atom is 0.0737 e. The number of nitrogens with one attached hydrogen (secondary N) is 1. The zero-order chi connectivity index (χ0) is 15.9. The van der Waals surface area contributed by atoms with Gasteiger partial charge in [0.1, 0.15) is 0 Å². The molecule has 0 amide bonds. The lowest BCUT2D eigenvalue weighted by Gasteiger charge is -2.20. The maximum atomic E-state index is 6.04. The number of anilines is 1. The molecular weight excluding hydrogens is 294 g/mol. The molecule has 0 fully saturated rings. The molecule has 2 aromatic rings. The summed E-state index contributed by atoms with van der Waals surface area (Å²) in [6.45, 7) is 10.1. The Bertz CT molecular complexity index is 596. The lowest BCUT2D eigenvalue weighted by molar-refractivity contribution is 0.295. The molecule has 1 heterocycles. The third-order valence-electron chi connectivity index (χ3n) is 4.11. The zero-order valence-corrected chi connectivity index (χ0v) is 14.5. The molecule has 0 saturated heterocycles. The molecule has 0 aliphatic carbocycles. The molecule has 0 spiro atoms. The molecule has 0 aliphatic heterocycles. The highest BCUT2D eigenvalue weighted by molar-refractivity contribution is 6.31. The molecule has 0 aliphatic rings. The molecule has 120 valence electrons. The number of nitrogens with zero attached hydrogens (tertiary/aromatic N) is 2. The van der Waals surface area contributed by atoms with Crippen LogP contribution in [0.15, 0.2) is 30.5 Å². The molecular formula is C18H26ClN3. The van der Waals surface area contributed by atoms with Crippen LogP contribution in [0.5, 0.6) is 0 Å². The molecule has 0 bridgehead atoms. The average Bonchev–Trinajstić information content (AvgIpc) is 2.51. The molecule has 1 aromatic heterocycles. The summed E-state index contributed by atoms with van der Waals surface area (Å²) < 4.78 is 0. The summed E-state index contributed by atoms with van der Waals surface area (Å²) >= 11 is 6.04. The molecule has 3 nitrogen and oxygen atoms in total. The molecule has 22 heavy (non-hydrogen) atoms. The molecule has 0 unspecified atom stereocenters. The average molecular weight is 320 g/mol. The van der Waals surface area contributed by atoms with Crippen molar-refractivity contribution in [1.82, 2.24) is 9.88 Å². The van der Waals surface area contributed by atoms with E-state index in [1.165, 1.54) is 13.0 Å². The second-order valence-electron chi connectivity index (χ2n) is 5.73. The van der Waals surface area contributed by atoms with E-state index in [2.05, 4.69) is 36.0 Å². The van der Waals surface area contributed by atoms with Crippen LogP contribution in [0.3, 0.4) is 0 Å². The molecule has 1 aromatic carbocycles.